The molecule has 0 N–H and O–H groups in total. The maximum atomic E-state index is 6.32. The number of methoxy groups -OCH3 is 1. The van der Waals surface area contributed by atoms with Crippen molar-refractivity contribution in [2.75, 3.05) is 44.7 Å². The number of benzene rings is 2. The summed E-state index contributed by atoms with van der Waals surface area (Å²) < 4.78 is 5.72. The number of para-hydroxylation sites is 1. The molecular weight excluding hydrogens is 332 g/mol. The van der Waals surface area contributed by atoms with Gasteiger partial charge in [-0.3, -0.25) is 4.90 Å². The van der Waals surface area contributed by atoms with Gasteiger partial charge in [0, 0.05) is 39.8 Å². The number of halogens is 1. The van der Waals surface area contributed by atoms with Gasteiger partial charge in [-0.2, -0.15) is 0 Å². The number of anilines is 1. The molecule has 4 heteroatoms. The molecule has 0 saturated carbocycles. The third kappa shape index (κ3) is 4.75. The number of hydrogen-bond donors (Lipinski definition) is 0. The van der Waals surface area contributed by atoms with E-state index in [0.29, 0.717) is 0 Å². The number of ether oxygens (including phenoxy) is 1. The fraction of sp³-hybridized carbons (Fsp3) is 0.429. The van der Waals surface area contributed by atoms with Gasteiger partial charge in [-0.05, 0) is 31.0 Å². The summed E-state index contributed by atoms with van der Waals surface area (Å²) in [5.74, 6) is 0. The van der Waals surface area contributed by atoms with Crippen LogP contribution in [0.25, 0.3) is 0 Å². The van der Waals surface area contributed by atoms with Crippen molar-refractivity contribution in [3.63, 3.8) is 0 Å². The topological polar surface area (TPSA) is 15.7 Å². The van der Waals surface area contributed by atoms with Gasteiger partial charge >= 0.3 is 0 Å². The highest BCUT2D eigenvalue weighted by atomic mass is 35.5. The summed E-state index contributed by atoms with van der Waals surface area (Å²) in [6.07, 6.45) is 1.19. The smallest absolute Gasteiger partial charge is 0.0833 e. The Kier molecular flexibility index (Phi) is 6.35. The highest BCUT2D eigenvalue weighted by molar-refractivity contribution is 6.33. The van der Waals surface area contributed by atoms with Crippen LogP contribution in [0.1, 0.15) is 23.7 Å². The van der Waals surface area contributed by atoms with Crippen molar-refractivity contribution in [3.05, 3.63) is 64.7 Å². The Hall–Kier alpha value is -1.55. The van der Waals surface area contributed by atoms with Crippen LogP contribution in [-0.2, 0) is 4.74 Å². The minimum atomic E-state index is 0.169. The highest BCUT2D eigenvalue weighted by Gasteiger charge is 2.20. The summed E-state index contributed by atoms with van der Waals surface area (Å²) in [7, 11) is 1.81. The van der Waals surface area contributed by atoms with Crippen LogP contribution >= 0.6 is 11.6 Å². The summed E-state index contributed by atoms with van der Waals surface area (Å²) in [6.45, 7) is 7.34. The Morgan fingerprint density at radius 3 is 2.32 bits per heavy atom. The standard InChI is InChI=1S/C21H27ClN2O/c1-17-7-9-18(10-8-17)21(25-2)11-12-23-13-15-24(16-14-23)20-6-4-3-5-19(20)22/h3-10,21H,11-16H2,1-2H3. The molecule has 1 heterocycles. The number of nitrogens with zero attached hydrogens (tertiary/aromatic N) is 2. The lowest BCUT2D eigenvalue weighted by Crippen LogP contribution is -2.47. The average molecular weight is 359 g/mol. The molecule has 3 nitrogen and oxygen atoms in total. The fourth-order valence-corrected chi connectivity index (χ4v) is 3.68. The molecule has 0 spiro atoms. The van der Waals surface area contributed by atoms with Crippen molar-refractivity contribution in [2.45, 2.75) is 19.4 Å². The highest BCUT2D eigenvalue weighted by Crippen LogP contribution is 2.26. The van der Waals surface area contributed by atoms with Gasteiger partial charge in [-0.25, -0.2) is 0 Å². The van der Waals surface area contributed by atoms with E-state index in [1.165, 1.54) is 11.1 Å². The average Bonchev–Trinajstić information content (AvgIpc) is 2.65. The summed E-state index contributed by atoms with van der Waals surface area (Å²) >= 11 is 6.32. The monoisotopic (exact) mass is 358 g/mol. The normalized spacial score (nSPS) is 16.8. The maximum Gasteiger partial charge on any atom is 0.0833 e. The van der Waals surface area contributed by atoms with Gasteiger partial charge in [-0.15, -0.1) is 0 Å². The van der Waals surface area contributed by atoms with Crippen LogP contribution in [0.2, 0.25) is 5.02 Å². The lowest BCUT2D eigenvalue weighted by Gasteiger charge is -2.37. The van der Waals surface area contributed by atoms with Gasteiger partial charge in [0.25, 0.3) is 0 Å². The molecule has 0 radical (unpaired) electrons. The zero-order valence-corrected chi connectivity index (χ0v) is 15.9. The van der Waals surface area contributed by atoms with Gasteiger partial charge in [0.15, 0.2) is 0 Å². The summed E-state index contributed by atoms with van der Waals surface area (Å²) in [4.78, 5) is 4.90. The van der Waals surface area contributed by atoms with Crippen LogP contribution in [0.15, 0.2) is 48.5 Å². The first-order chi connectivity index (χ1) is 12.2. The van der Waals surface area contributed by atoms with E-state index >= 15 is 0 Å². The first-order valence-electron chi connectivity index (χ1n) is 8.98. The first-order valence-corrected chi connectivity index (χ1v) is 9.36. The van der Waals surface area contributed by atoms with Gasteiger partial charge in [-0.1, -0.05) is 53.6 Å². The van der Waals surface area contributed by atoms with Crippen molar-refractivity contribution >= 4 is 17.3 Å². The molecule has 0 aliphatic carbocycles. The third-order valence-electron chi connectivity index (χ3n) is 5.01. The minimum Gasteiger partial charge on any atom is -0.377 e. The molecule has 1 saturated heterocycles. The molecule has 1 atom stereocenters. The van der Waals surface area contributed by atoms with Crippen LogP contribution in [0.4, 0.5) is 5.69 Å². The summed E-state index contributed by atoms with van der Waals surface area (Å²) in [5.41, 5.74) is 3.70. The second-order valence-electron chi connectivity index (χ2n) is 6.70. The van der Waals surface area contributed by atoms with E-state index in [1.54, 1.807) is 7.11 Å². The van der Waals surface area contributed by atoms with E-state index in [0.717, 1.165) is 49.9 Å². The Bertz CT molecular complexity index is 666. The predicted octanol–water partition coefficient (Wildman–Crippen LogP) is 4.55. The van der Waals surface area contributed by atoms with Crippen molar-refractivity contribution in [3.8, 4) is 0 Å². The number of piperazine rings is 1. The molecule has 2 aromatic rings. The zero-order valence-electron chi connectivity index (χ0n) is 15.1. The molecule has 1 fully saturated rings. The molecule has 0 aromatic heterocycles. The Balaban J connectivity index is 1.50. The van der Waals surface area contributed by atoms with Crippen molar-refractivity contribution in [1.29, 1.82) is 0 Å². The molecule has 3 rings (SSSR count). The van der Waals surface area contributed by atoms with Crippen molar-refractivity contribution < 1.29 is 4.74 Å². The molecule has 134 valence electrons. The Labute approximate surface area is 156 Å². The molecular formula is C21H27ClN2O. The van der Waals surface area contributed by atoms with Gasteiger partial charge in [0.1, 0.15) is 0 Å². The van der Waals surface area contributed by atoms with Crippen molar-refractivity contribution in [1.82, 2.24) is 4.90 Å². The Morgan fingerprint density at radius 1 is 1.00 bits per heavy atom. The van der Waals surface area contributed by atoms with Crippen LogP contribution in [0, 0.1) is 6.92 Å². The summed E-state index contributed by atoms with van der Waals surface area (Å²) in [6, 6.07) is 16.8. The van der Waals surface area contributed by atoms with Crippen LogP contribution in [-0.4, -0.2) is 44.7 Å². The molecule has 1 aliphatic rings. The summed E-state index contributed by atoms with van der Waals surface area (Å²) in [5, 5.41) is 0.842. The maximum absolute atomic E-state index is 6.32. The quantitative estimate of drug-likeness (QED) is 0.753. The molecule has 0 amide bonds. The van der Waals surface area contributed by atoms with Crippen LogP contribution in [0.3, 0.4) is 0 Å². The minimum absolute atomic E-state index is 0.169. The Morgan fingerprint density at radius 2 is 1.68 bits per heavy atom. The second-order valence-corrected chi connectivity index (χ2v) is 7.11. The lowest BCUT2D eigenvalue weighted by molar-refractivity contribution is 0.0822. The SMILES string of the molecule is COC(CCN1CCN(c2ccccc2Cl)CC1)c1ccc(C)cc1. The van der Waals surface area contributed by atoms with Gasteiger partial charge in [0.05, 0.1) is 16.8 Å². The van der Waals surface area contributed by atoms with Gasteiger partial charge in [0.2, 0.25) is 0 Å². The van der Waals surface area contributed by atoms with Crippen molar-refractivity contribution in [2.24, 2.45) is 0 Å². The molecule has 25 heavy (non-hydrogen) atoms. The molecule has 2 aromatic carbocycles. The van der Waals surface area contributed by atoms with E-state index in [4.69, 9.17) is 16.3 Å². The largest absolute Gasteiger partial charge is 0.377 e. The second kappa shape index (κ2) is 8.70. The molecule has 0 bridgehead atoms. The predicted molar refractivity (Wildman–Crippen MR) is 106 cm³/mol. The van der Waals surface area contributed by atoms with E-state index in [9.17, 15) is 0 Å². The van der Waals surface area contributed by atoms with E-state index in [1.807, 2.05) is 12.1 Å². The van der Waals surface area contributed by atoms with E-state index < -0.39 is 0 Å². The third-order valence-corrected chi connectivity index (χ3v) is 5.33. The number of hydrogen-bond acceptors (Lipinski definition) is 3. The van der Waals surface area contributed by atoms with E-state index in [-0.39, 0.29) is 6.10 Å². The lowest BCUT2D eigenvalue weighted by atomic mass is 10.0. The van der Waals surface area contributed by atoms with Gasteiger partial charge < -0.3 is 9.64 Å². The number of aryl methyl sites for hydroxylation is 1. The molecule has 1 aliphatic heterocycles. The van der Waals surface area contributed by atoms with Crippen LogP contribution < -0.4 is 4.90 Å². The zero-order chi connectivity index (χ0) is 17.6. The van der Waals surface area contributed by atoms with Crippen LogP contribution in [0.5, 0.6) is 0 Å². The number of rotatable bonds is 6. The van der Waals surface area contributed by atoms with E-state index in [2.05, 4.69) is 53.1 Å². The fourth-order valence-electron chi connectivity index (χ4n) is 3.42. The first kappa shape index (κ1) is 18.2. The molecule has 1 unspecified atom stereocenters.